The van der Waals surface area contributed by atoms with Crippen molar-refractivity contribution < 1.29 is 19.4 Å². The third kappa shape index (κ3) is 3.15. The first-order valence-corrected chi connectivity index (χ1v) is 10.4. The highest BCUT2D eigenvalue weighted by molar-refractivity contribution is 5.92. The van der Waals surface area contributed by atoms with Gasteiger partial charge in [-0.3, -0.25) is 9.69 Å². The molecular formula is C21H29N3O4. The average molecular weight is 387 g/mol. The summed E-state index contributed by atoms with van der Waals surface area (Å²) < 4.78 is 11.1. The van der Waals surface area contributed by atoms with Crippen LogP contribution in [0.5, 0.6) is 11.5 Å². The summed E-state index contributed by atoms with van der Waals surface area (Å²) in [5.41, 5.74) is 0.696. The van der Waals surface area contributed by atoms with Crippen LogP contribution < -0.4 is 20.1 Å². The van der Waals surface area contributed by atoms with Gasteiger partial charge >= 0.3 is 0 Å². The highest BCUT2D eigenvalue weighted by atomic mass is 16.6. The van der Waals surface area contributed by atoms with E-state index in [1.807, 2.05) is 18.2 Å². The number of likely N-dealkylation sites (tertiary alicyclic amines) is 1. The number of rotatable bonds is 3. The van der Waals surface area contributed by atoms with Gasteiger partial charge in [0.25, 0.3) is 0 Å². The monoisotopic (exact) mass is 387 g/mol. The second kappa shape index (κ2) is 6.90. The first kappa shape index (κ1) is 18.2. The van der Waals surface area contributed by atoms with E-state index in [0.29, 0.717) is 49.0 Å². The second-order valence-electron chi connectivity index (χ2n) is 9.01. The zero-order valence-corrected chi connectivity index (χ0v) is 16.3. The van der Waals surface area contributed by atoms with Gasteiger partial charge in [0.05, 0.1) is 12.6 Å². The smallest absolute Gasteiger partial charge is 0.238 e. The summed E-state index contributed by atoms with van der Waals surface area (Å²) in [7, 11) is 0. The van der Waals surface area contributed by atoms with E-state index >= 15 is 0 Å². The number of aliphatic hydroxyl groups excluding tert-OH is 1. The molecule has 7 heteroatoms. The quantitative estimate of drug-likeness (QED) is 0.723. The lowest BCUT2D eigenvalue weighted by Crippen LogP contribution is -2.53. The van der Waals surface area contributed by atoms with Gasteiger partial charge in [0.15, 0.2) is 11.5 Å². The van der Waals surface area contributed by atoms with E-state index in [0.717, 1.165) is 32.4 Å². The van der Waals surface area contributed by atoms with Crippen molar-refractivity contribution in [3.63, 3.8) is 0 Å². The molecule has 0 spiro atoms. The molecule has 0 radical (unpaired) electrons. The van der Waals surface area contributed by atoms with Crippen LogP contribution in [0.3, 0.4) is 0 Å². The molecule has 1 amide bonds. The summed E-state index contributed by atoms with van der Waals surface area (Å²) in [4.78, 5) is 14.9. The van der Waals surface area contributed by atoms with E-state index in [-0.39, 0.29) is 23.3 Å². The molecule has 0 aromatic heterocycles. The molecule has 1 saturated carbocycles. The molecule has 2 saturated heterocycles. The minimum atomic E-state index is -0.299. The van der Waals surface area contributed by atoms with Gasteiger partial charge in [0.1, 0.15) is 13.2 Å². The number of hydrogen-bond acceptors (Lipinski definition) is 6. The molecule has 7 nitrogen and oxygen atoms in total. The van der Waals surface area contributed by atoms with Crippen molar-refractivity contribution in [2.75, 3.05) is 38.2 Å². The van der Waals surface area contributed by atoms with Gasteiger partial charge in [0, 0.05) is 42.3 Å². The van der Waals surface area contributed by atoms with Crippen molar-refractivity contribution >= 4 is 11.6 Å². The van der Waals surface area contributed by atoms with Crippen molar-refractivity contribution in [3.8, 4) is 11.5 Å². The number of ether oxygens (including phenoxy) is 2. The molecule has 4 aliphatic rings. The molecule has 3 bridgehead atoms. The lowest BCUT2D eigenvalue weighted by molar-refractivity contribution is -0.118. The van der Waals surface area contributed by atoms with Crippen LogP contribution in [-0.2, 0) is 4.79 Å². The van der Waals surface area contributed by atoms with Crippen molar-refractivity contribution in [2.45, 2.75) is 44.4 Å². The first-order chi connectivity index (χ1) is 13.5. The Balaban J connectivity index is 1.25. The molecule has 3 aliphatic heterocycles. The average Bonchev–Trinajstić information content (AvgIpc) is 3.05. The van der Waals surface area contributed by atoms with E-state index in [9.17, 15) is 9.90 Å². The predicted octanol–water partition coefficient (Wildman–Crippen LogP) is 1.22. The van der Waals surface area contributed by atoms with Crippen molar-refractivity contribution in [2.24, 2.45) is 11.3 Å². The summed E-state index contributed by atoms with van der Waals surface area (Å²) in [6.07, 6.45) is 2.82. The summed E-state index contributed by atoms with van der Waals surface area (Å²) in [6, 6.07) is 6.22. The topological polar surface area (TPSA) is 83.1 Å². The van der Waals surface area contributed by atoms with Crippen molar-refractivity contribution in [1.82, 2.24) is 10.2 Å². The Morgan fingerprint density at radius 2 is 2.11 bits per heavy atom. The molecule has 28 heavy (non-hydrogen) atoms. The number of fused-ring (bicyclic) bond motifs is 3. The first-order valence-electron chi connectivity index (χ1n) is 10.4. The number of nitrogens with zero attached hydrogens (tertiary/aromatic N) is 1. The minimum absolute atomic E-state index is 0.0207. The van der Waals surface area contributed by atoms with Gasteiger partial charge < -0.3 is 25.2 Å². The third-order valence-corrected chi connectivity index (χ3v) is 7.03. The Hall–Kier alpha value is -1.83. The Morgan fingerprint density at radius 1 is 1.29 bits per heavy atom. The maximum atomic E-state index is 12.7. The van der Waals surface area contributed by atoms with Gasteiger partial charge in [-0.15, -0.1) is 0 Å². The van der Waals surface area contributed by atoms with Crippen LogP contribution in [0.1, 0.15) is 26.2 Å². The van der Waals surface area contributed by atoms with Crippen molar-refractivity contribution in [1.29, 1.82) is 0 Å². The highest BCUT2D eigenvalue weighted by Gasteiger charge is 2.54. The van der Waals surface area contributed by atoms with E-state index in [2.05, 4.69) is 22.5 Å². The lowest BCUT2D eigenvalue weighted by Gasteiger charge is -2.46. The van der Waals surface area contributed by atoms with Crippen LogP contribution in [0.15, 0.2) is 18.2 Å². The van der Waals surface area contributed by atoms with Crippen LogP contribution in [-0.4, -0.2) is 66.9 Å². The fourth-order valence-corrected chi connectivity index (χ4v) is 5.70. The molecule has 1 aromatic rings. The van der Waals surface area contributed by atoms with Crippen LogP contribution in [0.25, 0.3) is 0 Å². The van der Waals surface area contributed by atoms with Crippen LogP contribution >= 0.6 is 0 Å². The normalized spacial score (nSPS) is 36.6. The van der Waals surface area contributed by atoms with Crippen molar-refractivity contribution in [3.05, 3.63) is 18.2 Å². The molecule has 1 aromatic carbocycles. The molecule has 3 N–H and O–H groups in total. The second-order valence-corrected chi connectivity index (χ2v) is 9.01. The molecule has 5 atom stereocenters. The fraction of sp³-hybridized carbons (Fsp3) is 0.667. The zero-order chi connectivity index (χ0) is 19.3. The summed E-state index contributed by atoms with van der Waals surface area (Å²) in [5.74, 6) is 1.59. The van der Waals surface area contributed by atoms with Gasteiger partial charge in [-0.25, -0.2) is 0 Å². The van der Waals surface area contributed by atoms with E-state index in [4.69, 9.17) is 9.47 Å². The molecular weight excluding hydrogens is 358 g/mol. The number of carbonyl (C=O) groups is 1. The number of carbonyl (C=O) groups excluding carboxylic acids is 1. The van der Waals surface area contributed by atoms with Crippen LogP contribution in [0.2, 0.25) is 0 Å². The predicted molar refractivity (Wildman–Crippen MR) is 105 cm³/mol. The summed E-state index contributed by atoms with van der Waals surface area (Å²) in [5, 5.41) is 17.7. The van der Waals surface area contributed by atoms with Crippen LogP contribution in [0, 0.1) is 11.3 Å². The highest BCUT2D eigenvalue weighted by Crippen LogP contribution is 2.48. The molecule has 3 heterocycles. The molecule has 1 aliphatic carbocycles. The van der Waals surface area contributed by atoms with Gasteiger partial charge in [-0.05, 0) is 37.3 Å². The number of benzene rings is 1. The van der Waals surface area contributed by atoms with Crippen LogP contribution in [0.4, 0.5) is 5.69 Å². The number of nitrogens with one attached hydrogen (secondary N) is 2. The Bertz CT molecular complexity index is 772. The third-order valence-electron chi connectivity index (χ3n) is 7.03. The number of amides is 1. The van der Waals surface area contributed by atoms with E-state index < -0.39 is 0 Å². The number of hydrogen-bond donors (Lipinski definition) is 3. The van der Waals surface area contributed by atoms with Gasteiger partial charge in [0.2, 0.25) is 5.91 Å². The maximum Gasteiger partial charge on any atom is 0.238 e. The Kier molecular flexibility index (Phi) is 4.49. The van der Waals surface area contributed by atoms with E-state index in [1.165, 1.54) is 0 Å². The van der Waals surface area contributed by atoms with E-state index in [1.54, 1.807) is 0 Å². The Labute approximate surface area is 165 Å². The van der Waals surface area contributed by atoms with Gasteiger partial charge in [-0.1, -0.05) is 6.92 Å². The minimum Gasteiger partial charge on any atom is -0.486 e. The Morgan fingerprint density at radius 3 is 2.96 bits per heavy atom. The summed E-state index contributed by atoms with van der Waals surface area (Å²) >= 11 is 0. The number of anilines is 1. The molecule has 0 unspecified atom stereocenters. The number of aliphatic hydroxyl groups is 1. The molecule has 5 rings (SSSR count). The molecule has 3 fully saturated rings. The SMILES string of the molecule is C[C@]12C[C@H]3CN(CC(=O)Nc4ccc5c(c4)OCCO5)C[C@H](CC[C@@H]1N3)[C@H]2O. The van der Waals surface area contributed by atoms with Gasteiger partial charge in [-0.2, -0.15) is 0 Å². The standard InChI is InChI=1S/C21H29N3O4/c1-21-9-15-11-24(10-13(20(21)26)2-5-18(21)22-15)12-19(25)23-14-3-4-16-17(8-14)28-7-6-27-16/h3-4,8,13,15,18,20,22,26H,2,5-7,9-12H2,1H3,(H,23,25)/t13-,15-,18-,20+,21-/m0/s1. The maximum absolute atomic E-state index is 12.7. The largest absolute Gasteiger partial charge is 0.486 e. The summed E-state index contributed by atoms with van der Waals surface area (Å²) in [6.45, 7) is 5.26. The fourth-order valence-electron chi connectivity index (χ4n) is 5.70. The zero-order valence-electron chi connectivity index (χ0n) is 16.3. The lowest BCUT2D eigenvalue weighted by atomic mass is 9.64. The molecule has 152 valence electrons.